The summed E-state index contributed by atoms with van der Waals surface area (Å²) >= 11 is 0. The van der Waals surface area contributed by atoms with Crippen molar-refractivity contribution in [2.24, 2.45) is 28.2 Å². The van der Waals surface area contributed by atoms with Gasteiger partial charge in [0.05, 0.1) is 22.1 Å². The largest absolute Gasteiger partial charge is 0.344 e. The van der Waals surface area contributed by atoms with Crippen LogP contribution in [0.1, 0.15) is 194 Å². The average molecular weight is 1550 g/mol. The highest BCUT2D eigenvalue weighted by Gasteiger charge is 2.21. The Morgan fingerprint density at radius 2 is 0.379 bits per heavy atom. The molecule has 0 saturated carbocycles. The summed E-state index contributed by atoms with van der Waals surface area (Å²) in [6.45, 7) is 60.8. The van der Waals surface area contributed by atoms with Crippen LogP contribution in [0.25, 0.3) is 174 Å². The van der Waals surface area contributed by atoms with Crippen LogP contribution in [-0.4, -0.2) is 36.5 Å². The minimum absolute atomic E-state index is 0.977. The molecule has 0 fully saturated rings. The van der Waals surface area contributed by atoms with Gasteiger partial charge in [0.2, 0.25) is 0 Å². The second-order valence-corrected chi connectivity index (χ2v) is 24.8. The van der Waals surface area contributed by atoms with Gasteiger partial charge in [0.15, 0.2) is 0 Å². The number of rotatable bonds is 4. The number of hydrogen-bond acceptors (Lipinski definition) is 0. The Labute approximate surface area is 697 Å². The lowest BCUT2D eigenvalue weighted by Gasteiger charge is -2.06. The number of hydrogen-bond donors (Lipinski definition) is 0. The molecule has 0 aliphatic heterocycles. The number of fused-ring (bicyclic) bond motifs is 27. The van der Waals surface area contributed by atoms with Gasteiger partial charge in [0.1, 0.15) is 0 Å². The van der Waals surface area contributed by atoms with Gasteiger partial charge in [-0.1, -0.05) is 330 Å². The zero-order valence-corrected chi connectivity index (χ0v) is 77.5. The molecule has 0 saturated heterocycles. The SMILES string of the molecule is CC.CC.CC.CC.CC.CC.CC.CC.CC.CC.CC.CC.CCn1c2ccccc2c2c3c(ccc21)c1ccccc1n3C.CCn1c2ccccc2c2c3c4ccccc4n(C)c3ccc21.CCn1c2ccccc2c2cc3c(cc21)c1ccccc1n3C.CCn1c2ccccc2c2ccc3c4ccccc4n(C)c3c21. The Kier molecular flexibility index (Phi) is 38.9. The summed E-state index contributed by atoms with van der Waals surface area (Å²) in [5.74, 6) is 0. The van der Waals surface area contributed by atoms with Crippen molar-refractivity contribution in [3.63, 3.8) is 0 Å². The second-order valence-electron chi connectivity index (χ2n) is 24.8. The summed E-state index contributed by atoms with van der Waals surface area (Å²) < 4.78 is 19.0. The van der Waals surface area contributed by atoms with Crippen molar-refractivity contribution in [2.75, 3.05) is 0 Å². The van der Waals surface area contributed by atoms with E-state index in [1.165, 1.54) is 174 Å². The molecule has 0 N–H and O–H groups in total. The monoisotopic (exact) mass is 1550 g/mol. The van der Waals surface area contributed by atoms with Crippen molar-refractivity contribution >= 4 is 174 Å². The van der Waals surface area contributed by atoms with Crippen LogP contribution < -0.4 is 0 Å². The van der Waals surface area contributed by atoms with Crippen LogP contribution in [0.15, 0.2) is 243 Å². The van der Waals surface area contributed by atoms with Gasteiger partial charge in [-0.15, -0.1) is 0 Å². The van der Waals surface area contributed by atoms with E-state index >= 15 is 0 Å². The quantitative estimate of drug-likeness (QED) is 0.168. The minimum Gasteiger partial charge on any atom is -0.344 e. The van der Waals surface area contributed by atoms with Crippen molar-refractivity contribution in [1.29, 1.82) is 0 Å². The van der Waals surface area contributed by atoms with Gasteiger partial charge in [-0.2, -0.15) is 0 Å². The van der Waals surface area contributed by atoms with E-state index in [2.05, 4.69) is 335 Å². The summed E-state index contributed by atoms with van der Waals surface area (Å²) in [5, 5.41) is 21.6. The normalized spacial score (nSPS) is 10.2. The van der Waals surface area contributed by atoms with E-state index in [-0.39, 0.29) is 0 Å². The zero-order chi connectivity index (χ0) is 86.2. The number of para-hydroxylation sites is 8. The maximum atomic E-state index is 2.45. The van der Waals surface area contributed by atoms with Gasteiger partial charge in [0, 0.05) is 207 Å². The molecule has 0 atom stereocenters. The van der Waals surface area contributed by atoms with Crippen molar-refractivity contribution in [3.05, 3.63) is 243 Å². The van der Waals surface area contributed by atoms with Gasteiger partial charge in [-0.25, -0.2) is 0 Å². The molecule has 0 spiro atoms. The van der Waals surface area contributed by atoms with E-state index in [4.69, 9.17) is 0 Å². The van der Waals surface area contributed by atoms with Gasteiger partial charge < -0.3 is 36.5 Å². The Bertz CT molecular complexity index is 6330. The van der Waals surface area contributed by atoms with Crippen LogP contribution in [0.4, 0.5) is 0 Å². The lowest BCUT2D eigenvalue weighted by Crippen LogP contribution is -1.96. The minimum atomic E-state index is 0.977. The maximum Gasteiger partial charge on any atom is 0.0738 e. The fraction of sp³-hybridized carbons (Fsp3) is 0.333. The molecular weight excluding hydrogens is 1410 g/mol. The first-order valence-electron chi connectivity index (χ1n) is 44.7. The summed E-state index contributed by atoms with van der Waals surface area (Å²) in [7, 11) is 8.69. The standard InChI is InChI=1S/4C21H18N2.12C2H6/c1-3-23-19-11-7-5-9-15(19)17-12-20-16(13-21(17)23)14-8-4-6-10-18(14)22(20)2;1-3-23-18-11-7-5-9-16(18)20-19(23)13-12-15-14-8-4-6-10-17(14)22(2)21(15)20;1-3-23-19-11-7-5-9-15(19)17-13-12-16-14-8-4-6-10-18(14)22(2)20(16)21(17)23;1-3-23-17-11-7-5-9-15(17)21-19(23)13-12-18-20(21)14-8-4-6-10-16(14)22(18)2;12*1-2/h4*4-13H,3H2,1-2H3;12*1-2H3. The first kappa shape index (κ1) is 95.6. The fourth-order valence-electron chi connectivity index (χ4n) is 16.4. The van der Waals surface area contributed by atoms with Crippen molar-refractivity contribution in [3.8, 4) is 0 Å². The predicted molar refractivity (Wildman–Crippen MR) is 533 cm³/mol. The van der Waals surface area contributed by atoms with E-state index in [9.17, 15) is 0 Å². The van der Waals surface area contributed by atoms with Crippen LogP contribution in [0, 0.1) is 0 Å². The van der Waals surface area contributed by atoms with Crippen LogP contribution in [0.3, 0.4) is 0 Å². The molecule has 0 radical (unpaired) electrons. The molecule has 20 aromatic rings. The molecule has 20 rings (SSSR count). The highest BCUT2D eigenvalue weighted by atomic mass is 15.0. The number of aryl methyl sites for hydroxylation is 8. The number of nitrogens with zero attached hydrogens (tertiary/aromatic N) is 8. The molecule has 12 aromatic carbocycles. The Balaban J connectivity index is 0.000000253. The van der Waals surface area contributed by atoms with E-state index < -0.39 is 0 Å². The molecule has 0 bridgehead atoms. The molecule has 0 aliphatic carbocycles. The van der Waals surface area contributed by atoms with Crippen LogP contribution >= 0.6 is 0 Å². The smallest absolute Gasteiger partial charge is 0.0738 e. The number of benzene rings is 12. The van der Waals surface area contributed by atoms with E-state index in [1.54, 1.807) is 0 Å². The Morgan fingerprint density at radius 3 is 0.802 bits per heavy atom. The van der Waals surface area contributed by atoms with Gasteiger partial charge >= 0.3 is 0 Å². The van der Waals surface area contributed by atoms with E-state index in [0.717, 1.165) is 26.2 Å². The van der Waals surface area contributed by atoms with Gasteiger partial charge in [-0.05, 0) is 107 Å². The maximum absolute atomic E-state index is 2.45. The van der Waals surface area contributed by atoms with Crippen molar-refractivity contribution < 1.29 is 0 Å². The third kappa shape index (κ3) is 17.4. The molecule has 0 aliphatic rings. The van der Waals surface area contributed by atoms with Crippen LogP contribution in [0.5, 0.6) is 0 Å². The zero-order valence-electron chi connectivity index (χ0n) is 77.5. The second kappa shape index (κ2) is 47.2. The Hall–Kier alpha value is -11.0. The lowest BCUT2D eigenvalue weighted by atomic mass is 10.1. The highest BCUT2D eigenvalue weighted by molar-refractivity contribution is 6.29. The third-order valence-electron chi connectivity index (χ3n) is 20.5. The van der Waals surface area contributed by atoms with Gasteiger partial charge in [-0.3, -0.25) is 0 Å². The molecule has 8 heterocycles. The molecule has 616 valence electrons. The third-order valence-corrected chi connectivity index (χ3v) is 20.5. The predicted octanol–water partition coefficient (Wildman–Crippen LogP) is 34.2. The Morgan fingerprint density at radius 1 is 0.155 bits per heavy atom. The summed E-state index contributed by atoms with van der Waals surface area (Å²) in [6, 6.07) is 88.1. The number of aromatic nitrogens is 8. The molecule has 8 heteroatoms. The summed E-state index contributed by atoms with van der Waals surface area (Å²) in [4.78, 5) is 0. The highest BCUT2D eigenvalue weighted by Crippen LogP contribution is 2.43. The summed E-state index contributed by atoms with van der Waals surface area (Å²) in [5.41, 5.74) is 21.1. The topological polar surface area (TPSA) is 39.4 Å². The van der Waals surface area contributed by atoms with Gasteiger partial charge in [0.25, 0.3) is 0 Å². The van der Waals surface area contributed by atoms with Crippen LogP contribution in [-0.2, 0) is 54.4 Å². The van der Waals surface area contributed by atoms with Crippen molar-refractivity contribution in [2.45, 2.75) is 220 Å². The van der Waals surface area contributed by atoms with Crippen LogP contribution in [0.2, 0.25) is 0 Å². The fourth-order valence-corrected chi connectivity index (χ4v) is 16.4. The summed E-state index contributed by atoms with van der Waals surface area (Å²) in [6.07, 6.45) is 0. The first-order chi connectivity index (χ1) is 57.2. The van der Waals surface area contributed by atoms with E-state index in [0.29, 0.717) is 0 Å². The molecule has 0 unspecified atom stereocenters. The lowest BCUT2D eigenvalue weighted by molar-refractivity contribution is 0.826. The average Bonchev–Trinajstić information content (AvgIpc) is 1.58. The van der Waals surface area contributed by atoms with Crippen molar-refractivity contribution in [1.82, 2.24) is 36.5 Å². The molecular formula is C108H144N8. The molecule has 116 heavy (non-hydrogen) atoms. The first-order valence-corrected chi connectivity index (χ1v) is 44.7. The molecule has 0 amide bonds. The van der Waals surface area contributed by atoms with E-state index in [1.807, 2.05) is 166 Å². The molecule has 8 aromatic heterocycles. The molecule has 8 nitrogen and oxygen atoms in total.